The molecule has 1 unspecified atom stereocenters. The Labute approximate surface area is 176 Å². The molecule has 0 fully saturated rings. The van der Waals surface area contributed by atoms with Crippen LogP contribution in [0.1, 0.15) is 12.5 Å². The van der Waals surface area contributed by atoms with E-state index in [0.717, 1.165) is 12.1 Å². The van der Waals surface area contributed by atoms with Gasteiger partial charge in [-0.25, -0.2) is 0 Å². The molecule has 3 rings (SSSR count). The van der Waals surface area contributed by atoms with Gasteiger partial charge in [0, 0.05) is 27.9 Å². The van der Waals surface area contributed by atoms with E-state index in [0.29, 0.717) is 17.3 Å². The minimum absolute atomic E-state index is 0.340. The minimum Gasteiger partial charge on any atom is -0.389 e. The quantitative estimate of drug-likeness (QED) is 0.554. The van der Waals surface area contributed by atoms with Gasteiger partial charge in [-0.3, -0.25) is 4.55 Å². The van der Waals surface area contributed by atoms with E-state index in [1.54, 1.807) is 11.8 Å². The molecule has 0 bridgehead atoms. The van der Waals surface area contributed by atoms with Crippen LogP contribution in [0.5, 0.6) is 0 Å². The van der Waals surface area contributed by atoms with Crippen molar-refractivity contribution in [1.82, 2.24) is 4.90 Å². The van der Waals surface area contributed by atoms with Crippen LogP contribution in [-0.4, -0.2) is 55.8 Å². The Morgan fingerprint density at radius 2 is 1.79 bits per heavy atom. The van der Waals surface area contributed by atoms with Crippen molar-refractivity contribution in [1.29, 1.82) is 0 Å². The molecule has 0 amide bonds. The molecule has 2 aromatic carbocycles. The number of benzene rings is 2. The van der Waals surface area contributed by atoms with E-state index < -0.39 is 10.1 Å². The van der Waals surface area contributed by atoms with Crippen LogP contribution in [0.25, 0.3) is 0 Å². The molecule has 1 aliphatic heterocycles. The van der Waals surface area contributed by atoms with Gasteiger partial charge in [0.05, 0.1) is 17.6 Å². The number of nitrogens with two attached hydrogens (primary N) is 1. The molecule has 1 aliphatic rings. The van der Waals surface area contributed by atoms with Crippen molar-refractivity contribution in [3.63, 3.8) is 0 Å². The maximum atomic E-state index is 9.19. The zero-order valence-corrected chi connectivity index (χ0v) is 18.7. The molecule has 0 spiro atoms. The Kier molecular flexibility index (Phi) is 7.46. The lowest BCUT2D eigenvalue weighted by Gasteiger charge is -2.38. The predicted octanol–water partition coefficient (Wildman–Crippen LogP) is 3.38. The van der Waals surface area contributed by atoms with E-state index in [1.165, 1.54) is 21.2 Å². The summed E-state index contributed by atoms with van der Waals surface area (Å²) in [7, 11) is 0.543. The van der Waals surface area contributed by atoms with Gasteiger partial charge >= 0.3 is 0 Å². The fraction of sp³-hybridized carbons (Fsp3) is 0.316. The summed E-state index contributed by atoms with van der Waals surface area (Å²) in [5.74, 6) is 0. The van der Waals surface area contributed by atoms with Crippen molar-refractivity contribution in [3.8, 4) is 0 Å². The Hall–Kier alpha value is -1.65. The molecular weight excluding hydrogens is 414 g/mol. The highest BCUT2D eigenvalue weighted by Gasteiger charge is 2.27. The van der Waals surface area contributed by atoms with E-state index in [4.69, 9.17) is 22.5 Å². The third-order valence-corrected chi connectivity index (χ3v) is 5.28. The number of likely N-dealkylation sites (N-methyl/N-ethyl adjacent to an activating group) is 1. The van der Waals surface area contributed by atoms with Crippen LogP contribution in [0.3, 0.4) is 0 Å². The minimum atomic E-state index is -3.67. The number of nitrogens with zero attached hydrogens (tertiary/aromatic N) is 2. The molecule has 0 radical (unpaired) electrons. The lowest BCUT2D eigenvalue weighted by Crippen LogP contribution is -2.38. The second-order valence-corrected chi connectivity index (χ2v) is 9.82. The van der Waals surface area contributed by atoms with Crippen LogP contribution >= 0.6 is 24.0 Å². The van der Waals surface area contributed by atoms with Crippen LogP contribution in [0.4, 0.5) is 11.4 Å². The molecule has 1 heterocycles. The molecule has 28 heavy (non-hydrogen) atoms. The normalized spacial score (nSPS) is 13.9. The fourth-order valence-electron chi connectivity index (χ4n) is 3.02. The molecular formula is C19H25N3O3S3. The Bertz CT molecular complexity index is 954. The van der Waals surface area contributed by atoms with Gasteiger partial charge in [-0.05, 0) is 45.3 Å². The number of rotatable bonds is 4. The molecule has 2 aromatic rings. The van der Waals surface area contributed by atoms with Crippen molar-refractivity contribution in [3.05, 3.63) is 48.0 Å². The van der Waals surface area contributed by atoms with Crippen LogP contribution in [-0.2, 0) is 10.1 Å². The van der Waals surface area contributed by atoms with E-state index in [2.05, 4.69) is 67.2 Å². The summed E-state index contributed by atoms with van der Waals surface area (Å²) >= 11 is 6.97. The van der Waals surface area contributed by atoms with E-state index in [9.17, 15) is 8.42 Å². The van der Waals surface area contributed by atoms with Gasteiger partial charge in [0.1, 0.15) is 4.99 Å². The zero-order chi connectivity index (χ0) is 21.1. The summed E-state index contributed by atoms with van der Waals surface area (Å²) in [6, 6.07) is 15.1. The first-order chi connectivity index (χ1) is 13.0. The lowest BCUT2D eigenvalue weighted by molar-refractivity contribution is 0.380. The molecule has 152 valence electrons. The van der Waals surface area contributed by atoms with Gasteiger partial charge in [-0.2, -0.15) is 8.42 Å². The summed E-state index contributed by atoms with van der Waals surface area (Å²) in [6.07, 6.45) is 0.715. The molecule has 0 saturated carbocycles. The number of fused-ring (bicyclic) bond motifs is 2. The zero-order valence-electron chi connectivity index (χ0n) is 16.3. The maximum absolute atomic E-state index is 9.19. The Morgan fingerprint density at radius 3 is 2.36 bits per heavy atom. The molecule has 3 N–H and O–H groups in total. The monoisotopic (exact) mass is 439 g/mol. The van der Waals surface area contributed by atoms with E-state index in [-0.39, 0.29) is 0 Å². The van der Waals surface area contributed by atoms with E-state index >= 15 is 0 Å². The molecule has 1 atom stereocenters. The highest BCUT2D eigenvalue weighted by molar-refractivity contribution is 7.99. The SMILES string of the molecule is CC(CN(C)C)N1c2ccccc2Sc2ccc(C(N)=S)cc21.CS(=O)(=O)O. The van der Waals surface area contributed by atoms with Crippen LogP contribution in [0, 0.1) is 0 Å². The van der Waals surface area contributed by atoms with Gasteiger partial charge in [0.2, 0.25) is 0 Å². The smallest absolute Gasteiger partial charge is 0.261 e. The molecule has 9 heteroatoms. The lowest BCUT2D eigenvalue weighted by atomic mass is 10.1. The second-order valence-electron chi connectivity index (χ2n) is 6.83. The summed E-state index contributed by atoms with van der Waals surface area (Å²) in [6.45, 7) is 3.22. The topological polar surface area (TPSA) is 86.9 Å². The predicted molar refractivity (Wildman–Crippen MR) is 121 cm³/mol. The van der Waals surface area contributed by atoms with Crippen LogP contribution in [0.15, 0.2) is 52.3 Å². The first-order valence-corrected chi connectivity index (χ1v) is 11.6. The first kappa shape index (κ1) is 22.6. The Balaban J connectivity index is 0.000000500. The van der Waals surface area contributed by atoms with Crippen LogP contribution in [0.2, 0.25) is 0 Å². The summed E-state index contributed by atoms with van der Waals surface area (Å²) in [5, 5.41) is 0. The molecule has 0 aliphatic carbocycles. The number of anilines is 2. The Morgan fingerprint density at radius 1 is 1.21 bits per heavy atom. The summed E-state index contributed by atoms with van der Waals surface area (Å²) in [5.41, 5.74) is 9.20. The average Bonchev–Trinajstić information content (AvgIpc) is 2.56. The van der Waals surface area contributed by atoms with Gasteiger partial charge in [0.15, 0.2) is 0 Å². The summed E-state index contributed by atoms with van der Waals surface area (Å²) in [4.78, 5) is 7.59. The number of thiocarbonyl (C=S) groups is 1. The molecule has 6 nitrogen and oxygen atoms in total. The number of hydrogen-bond acceptors (Lipinski definition) is 6. The second kappa shape index (κ2) is 9.23. The third kappa shape index (κ3) is 6.18. The van der Waals surface area contributed by atoms with Gasteiger partial charge in [-0.15, -0.1) is 0 Å². The summed E-state index contributed by atoms with van der Waals surface area (Å²) < 4.78 is 25.9. The highest BCUT2D eigenvalue weighted by Crippen LogP contribution is 2.49. The third-order valence-electron chi connectivity index (χ3n) is 3.92. The van der Waals surface area contributed by atoms with Gasteiger partial charge in [-0.1, -0.05) is 42.2 Å². The average molecular weight is 440 g/mol. The van der Waals surface area contributed by atoms with Crippen molar-refractivity contribution in [2.45, 2.75) is 22.8 Å². The van der Waals surface area contributed by atoms with E-state index in [1.807, 2.05) is 6.07 Å². The molecule has 0 saturated heterocycles. The van der Waals surface area contributed by atoms with Crippen molar-refractivity contribution >= 4 is 50.5 Å². The molecule has 0 aromatic heterocycles. The van der Waals surface area contributed by atoms with Crippen LogP contribution < -0.4 is 10.6 Å². The van der Waals surface area contributed by atoms with Gasteiger partial charge in [0.25, 0.3) is 10.1 Å². The first-order valence-electron chi connectivity index (χ1n) is 8.54. The maximum Gasteiger partial charge on any atom is 0.261 e. The van der Waals surface area contributed by atoms with Crippen molar-refractivity contribution in [2.75, 3.05) is 31.8 Å². The number of para-hydroxylation sites is 1. The number of hydrogen-bond donors (Lipinski definition) is 2. The van der Waals surface area contributed by atoms with Crippen molar-refractivity contribution in [2.24, 2.45) is 5.73 Å². The fourth-order valence-corrected chi connectivity index (χ4v) is 4.20. The standard InChI is InChI=1S/C18H21N3S2.CH4O3S/c1-12(11-20(2)3)21-14-6-4-5-7-16(14)23-17-9-8-13(18(19)22)10-15(17)21;1-5(2,3)4/h4-10,12H,11H2,1-3H3,(H2,19,22);1H3,(H,2,3,4). The van der Waals surface area contributed by atoms with Crippen molar-refractivity contribution < 1.29 is 13.0 Å². The van der Waals surface area contributed by atoms with Gasteiger partial charge < -0.3 is 15.5 Å². The largest absolute Gasteiger partial charge is 0.389 e. The highest BCUT2D eigenvalue weighted by atomic mass is 32.2.